The van der Waals surface area contributed by atoms with E-state index in [0.29, 0.717) is 25.7 Å². The third-order valence-electron chi connectivity index (χ3n) is 2.38. The lowest BCUT2D eigenvalue weighted by Gasteiger charge is -2.16. The molecular formula is C11H20BrN3O2. The number of rotatable bonds is 7. The van der Waals surface area contributed by atoms with Crippen LogP contribution in [-0.2, 0) is 11.3 Å². The van der Waals surface area contributed by atoms with Gasteiger partial charge in [-0.25, -0.2) is 0 Å². The van der Waals surface area contributed by atoms with Crippen molar-refractivity contribution in [3.63, 3.8) is 0 Å². The molecule has 1 heterocycles. The molecule has 0 aliphatic heterocycles. The average Bonchev–Trinajstić information content (AvgIpc) is 2.64. The van der Waals surface area contributed by atoms with E-state index in [1.807, 2.05) is 13.8 Å². The molecule has 0 aliphatic rings. The van der Waals surface area contributed by atoms with E-state index in [1.165, 1.54) is 0 Å². The molecule has 0 fully saturated rings. The predicted octanol–water partition coefficient (Wildman–Crippen LogP) is 1.32. The number of aliphatic hydroxyl groups excluding tert-OH is 1. The fourth-order valence-corrected chi connectivity index (χ4v) is 2.06. The summed E-state index contributed by atoms with van der Waals surface area (Å²) in [5.74, 6) is 0. The van der Waals surface area contributed by atoms with Crippen LogP contribution in [0.4, 0.5) is 0 Å². The second-order valence-electron chi connectivity index (χ2n) is 4.17. The first-order valence-electron chi connectivity index (χ1n) is 5.67. The number of hydrogen-bond donors (Lipinski definition) is 2. The highest BCUT2D eigenvalue weighted by molar-refractivity contribution is 9.10. The van der Waals surface area contributed by atoms with Crippen LogP contribution in [0.3, 0.4) is 0 Å². The zero-order valence-corrected chi connectivity index (χ0v) is 12.1. The molecule has 5 nitrogen and oxygen atoms in total. The van der Waals surface area contributed by atoms with Crippen LogP contribution >= 0.6 is 15.9 Å². The Hall–Kier alpha value is -0.430. The predicted molar refractivity (Wildman–Crippen MR) is 69.9 cm³/mol. The molecule has 17 heavy (non-hydrogen) atoms. The standard InChI is InChI=1S/C11H20BrN3O2/c1-8(2)13-7-10(16)11-9(12)6-14-15(11)4-5-17-3/h6,8,10,13,16H,4-5,7H2,1-3H3. The minimum absolute atomic E-state index is 0.346. The molecule has 0 aromatic carbocycles. The van der Waals surface area contributed by atoms with Crippen LogP contribution < -0.4 is 5.32 Å². The molecule has 1 aromatic rings. The second kappa shape index (κ2) is 7.10. The monoisotopic (exact) mass is 305 g/mol. The normalized spacial score (nSPS) is 13.3. The van der Waals surface area contributed by atoms with Crippen LogP contribution in [0.1, 0.15) is 25.6 Å². The van der Waals surface area contributed by atoms with E-state index in [9.17, 15) is 5.11 Å². The van der Waals surface area contributed by atoms with E-state index in [1.54, 1.807) is 18.0 Å². The summed E-state index contributed by atoms with van der Waals surface area (Å²) in [6, 6.07) is 0.346. The first kappa shape index (κ1) is 14.6. The summed E-state index contributed by atoms with van der Waals surface area (Å²) in [5, 5.41) is 17.5. The Labute approximate surface area is 110 Å². The van der Waals surface area contributed by atoms with Gasteiger partial charge in [0.05, 0.1) is 29.5 Å². The Balaban J connectivity index is 2.69. The number of nitrogens with one attached hydrogen (secondary N) is 1. The van der Waals surface area contributed by atoms with Crippen molar-refractivity contribution < 1.29 is 9.84 Å². The Morgan fingerprint density at radius 3 is 2.88 bits per heavy atom. The quantitative estimate of drug-likeness (QED) is 0.798. The summed E-state index contributed by atoms with van der Waals surface area (Å²) in [4.78, 5) is 0. The highest BCUT2D eigenvalue weighted by Gasteiger charge is 2.17. The van der Waals surface area contributed by atoms with Crippen molar-refractivity contribution in [3.05, 3.63) is 16.4 Å². The maximum absolute atomic E-state index is 10.1. The number of aromatic nitrogens is 2. The van der Waals surface area contributed by atoms with Gasteiger partial charge in [-0.1, -0.05) is 13.8 Å². The Morgan fingerprint density at radius 2 is 2.29 bits per heavy atom. The van der Waals surface area contributed by atoms with Gasteiger partial charge in [0.25, 0.3) is 0 Å². The maximum Gasteiger partial charge on any atom is 0.109 e. The number of methoxy groups -OCH3 is 1. The topological polar surface area (TPSA) is 59.3 Å². The van der Waals surface area contributed by atoms with Gasteiger partial charge >= 0.3 is 0 Å². The van der Waals surface area contributed by atoms with E-state index in [4.69, 9.17) is 4.74 Å². The van der Waals surface area contributed by atoms with E-state index >= 15 is 0 Å². The molecular weight excluding hydrogens is 286 g/mol. The lowest BCUT2D eigenvalue weighted by molar-refractivity contribution is 0.148. The summed E-state index contributed by atoms with van der Waals surface area (Å²) in [6.07, 6.45) is 1.12. The highest BCUT2D eigenvalue weighted by Crippen LogP contribution is 2.22. The molecule has 1 aromatic heterocycles. The number of hydrogen-bond acceptors (Lipinski definition) is 4. The Morgan fingerprint density at radius 1 is 1.59 bits per heavy atom. The minimum Gasteiger partial charge on any atom is -0.385 e. The van der Waals surface area contributed by atoms with Crippen LogP contribution in [0.2, 0.25) is 0 Å². The molecule has 6 heteroatoms. The molecule has 2 N–H and O–H groups in total. The molecule has 98 valence electrons. The van der Waals surface area contributed by atoms with Crippen molar-refractivity contribution in [2.75, 3.05) is 20.3 Å². The van der Waals surface area contributed by atoms with Crippen LogP contribution in [0.5, 0.6) is 0 Å². The van der Waals surface area contributed by atoms with Gasteiger partial charge in [0.1, 0.15) is 6.10 Å². The van der Waals surface area contributed by atoms with Gasteiger partial charge in [0, 0.05) is 19.7 Å². The first-order valence-corrected chi connectivity index (χ1v) is 6.47. The smallest absolute Gasteiger partial charge is 0.109 e. The molecule has 0 saturated carbocycles. The highest BCUT2D eigenvalue weighted by atomic mass is 79.9. The summed E-state index contributed by atoms with van der Waals surface area (Å²) in [7, 11) is 1.65. The number of ether oxygens (including phenoxy) is 1. The van der Waals surface area contributed by atoms with Gasteiger partial charge in [-0.2, -0.15) is 5.10 Å². The summed E-state index contributed by atoms with van der Waals surface area (Å²) in [6.45, 7) is 5.81. The molecule has 1 rings (SSSR count). The van der Waals surface area contributed by atoms with Crippen LogP contribution in [-0.4, -0.2) is 41.2 Å². The Bertz CT molecular complexity index is 341. The van der Waals surface area contributed by atoms with Gasteiger partial charge in [-0.05, 0) is 15.9 Å². The molecule has 0 amide bonds. The fraction of sp³-hybridized carbons (Fsp3) is 0.727. The summed E-state index contributed by atoms with van der Waals surface area (Å²) in [5.41, 5.74) is 0.787. The van der Waals surface area contributed by atoms with Crippen molar-refractivity contribution in [2.24, 2.45) is 0 Å². The first-order chi connectivity index (χ1) is 8.06. The molecule has 0 saturated heterocycles. The van der Waals surface area contributed by atoms with Gasteiger partial charge < -0.3 is 15.2 Å². The van der Waals surface area contributed by atoms with Crippen LogP contribution in [0.15, 0.2) is 10.7 Å². The van der Waals surface area contributed by atoms with Crippen LogP contribution in [0.25, 0.3) is 0 Å². The van der Waals surface area contributed by atoms with Gasteiger partial charge in [0.2, 0.25) is 0 Å². The van der Waals surface area contributed by atoms with Crippen molar-refractivity contribution >= 4 is 15.9 Å². The lowest BCUT2D eigenvalue weighted by Crippen LogP contribution is -2.29. The van der Waals surface area contributed by atoms with Gasteiger partial charge in [-0.3, -0.25) is 4.68 Å². The van der Waals surface area contributed by atoms with Crippen molar-refractivity contribution in [1.29, 1.82) is 0 Å². The SMILES string of the molecule is COCCn1ncc(Br)c1C(O)CNC(C)C. The van der Waals surface area contributed by atoms with Crippen molar-refractivity contribution in [3.8, 4) is 0 Å². The van der Waals surface area contributed by atoms with Gasteiger partial charge in [0.15, 0.2) is 0 Å². The zero-order chi connectivity index (χ0) is 12.8. The summed E-state index contributed by atoms with van der Waals surface area (Å²) >= 11 is 3.40. The minimum atomic E-state index is -0.578. The number of nitrogens with zero attached hydrogens (tertiary/aromatic N) is 2. The molecule has 0 radical (unpaired) electrons. The number of aliphatic hydroxyl groups is 1. The maximum atomic E-state index is 10.1. The largest absolute Gasteiger partial charge is 0.385 e. The van der Waals surface area contributed by atoms with E-state index in [2.05, 4.69) is 26.3 Å². The third-order valence-corrected chi connectivity index (χ3v) is 2.99. The Kier molecular flexibility index (Phi) is 6.11. The molecule has 1 atom stereocenters. The lowest BCUT2D eigenvalue weighted by atomic mass is 10.2. The molecule has 0 bridgehead atoms. The van der Waals surface area contributed by atoms with Gasteiger partial charge in [-0.15, -0.1) is 0 Å². The van der Waals surface area contributed by atoms with E-state index in [-0.39, 0.29) is 0 Å². The van der Waals surface area contributed by atoms with E-state index < -0.39 is 6.10 Å². The zero-order valence-electron chi connectivity index (χ0n) is 10.5. The summed E-state index contributed by atoms with van der Waals surface area (Å²) < 4.78 is 7.60. The fourth-order valence-electron chi connectivity index (χ4n) is 1.50. The number of halogens is 1. The second-order valence-corrected chi connectivity index (χ2v) is 5.03. The van der Waals surface area contributed by atoms with Crippen molar-refractivity contribution in [1.82, 2.24) is 15.1 Å². The van der Waals surface area contributed by atoms with Crippen LogP contribution in [0, 0.1) is 0 Å². The average molecular weight is 306 g/mol. The molecule has 0 aliphatic carbocycles. The third kappa shape index (κ3) is 4.39. The van der Waals surface area contributed by atoms with Crippen molar-refractivity contribution in [2.45, 2.75) is 32.5 Å². The molecule has 1 unspecified atom stereocenters. The molecule has 0 spiro atoms. The van der Waals surface area contributed by atoms with E-state index in [0.717, 1.165) is 10.2 Å².